The molecule has 1 heterocycles. The third-order valence-corrected chi connectivity index (χ3v) is 1.87. The first-order valence-electron chi connectivity index (χ1n) is 3.04. The molecular formula is C6H11NO2. The van der Waals surface area contributed by atoms with Crippen molar-refractivity contribution in [1.82, 2.24) is 4.90 Å². The van der Waals surface area contributed by atoms with Crippen molar-refractivity contribution >= 4 is 6.09 Å². The molecule has 9 heavy (non-hydrogen) atoms. The molecule has 3 nitrogen and oxygen atoms in total. The maximum atomic E-state index is 10.7. The first kappa shape index (κ1) is 6.39. The molecule has 0 spiro atoms. The molecule has 0 unspecified atom stereocenters. The molecule has 1 aliphatic rings. The van der Waals surface area contributed by atoms with E-state index in [4.69, 9.17) is 0 Å². The maximum Gasteiger partial charge on any atom is 0.410 e. The van der Waals surface area contributed by atoms with Gasteiger partial charge in [0.05, 0.1) is 19.2 Å². The third-order valence-electron chi connectivity index (χ3n) is 1.87. The highest BCUT2D eigenvalue weighted by Gasteiger charge is 2.44. The van der Waals surface area contributed by atoms with Crippen LogP contribution in [-0.2, 0) is 4.74 Å². The largest absolute Gasteiger partial charge is 0.453 e. The average molecular weight is 129 g/mol. The van der Waals surface area contributed by atoms with Crippen molar-refractivity contribution in [3.8, 4) is 0 Å². The Morgan fingerprint density at radius 2 is 1.89 bits per heavy atom. The minimum atomic E-state index is -0.213. The Balaban J connectivity index is 2.40. The van der Waals surface area contributed by atoms with E-state index in [0.717, 1.165) is 0 Å². The van der Waals surface area contributed by atoms with Gasteiger partial charge in [-0.25, -0.2) is 4.79 Å². The zero-order valence-corrected chi connectivity index (χ0v) is 5.92. The molecule has 1 rings (SSSR count). The summed E-state index contributed by atoms with van der Waals surface area (Å²) < 4.78 is 4.50. The summed E-state index contributed by atoms with van der Waals surface area (Å²) in [5.41, 5.74) is 0. The summed E-state index contributed by atoms with van der Waals surface area (Å²) in [5, 5.41) is 0. The zero-order chi connectivity index (χ0) is 7.02. The van der Waals surface area contributed by atoms with Crippen LogP contribution in [0.1, 0.15) is 13.8 Å². The monoisotopic (exact) mass is 129 g/mol. The highest BCUT2D eigenvalue weighted by molar-refractivity contribution is 5.71. The van der Waals surface area contributed by atoms with Gasteiger partial charge in [0.2, 0.25) is 0 Å². The SMILES string of the molecule is COC(=O)N1[C@H](C)[C@H]1C. The molecular weight excluding hydrogens is 118 g/mol. The highest BCUT2D eigenvalue weighted by atomic mass is 16.5. The van der Waals surface area contributed by atoms with Gasteiger partial charge in [0, 0.05) is 0 Å². The van der Waals surface area contributed by atoms with Crippen molar-refractivity contribution in [2.45, 2.75) is 25.9 Å². The van der Waals surface area contributed by atoms with Crippen LogP contribution in [0, 0.1) is 0 Å². The summed E-state index contributed by atoms with van der Waals surface area (Å²) in [4.78, 5) is 12.4. The van der Waals surface area contributed by atoms with E-state index in [1.54, 1.807) is 4.90 Å². The van der Waals surface area contributed by atoms with Crippen LogP contribution in [0.25, 0.3) is 0 Å². The molecule has 0 aliphatic carbocycles. The van der Waals surface area contributed by atoms with Crippen molar-refractivity contribution in [2.75, 3.05) is 7.11 Å². The van der Waals surface area contributed by atoms with Gasteiger partial charge in [0.15, 0.2) is 0 Å². The molecule has 0 aromatic rings. The summed E-state index contributed by atoms with van der Waals surface area (Å²) in [5.74, 6) is 0. The summed E-state index contributed by atoms with van der Waals surface area (Å²) in [6, 6.07) is 0.745. The van der Waals surface area contributed by atoms with Crippen LogP contribution in [0.15, 0.2) is 0 Å². The number of carbonyl (C=O) groups is 1. The van der Waals surface area contributed by atoms with Gasteiger partial charge < -0.3 is 4.74 Å². The van der Waals surface area contributed by atoms with Gasteiger partial charge in [-0.3, -0.25) is 4.90 Å². The fourth-order valence-corrected chi connectivity index (χ4v) is 0.942. The molecule has 1 fully saturated rings. The number of ether oxygens (including phenoxy) is 1. The second-order valence-electron chi connectivity index (χ2n) is 2.36. The molecule has 1 saturated heterocycles. The van der Waals surface area contributed by atoms with Gasteiger partial charge in [0.1, 0.15) is 0 Å². The van der Waals surface area contributed by atoms with Crippen molar-refractivity contribution in [3.63, 3.8) is 0 Å². The predicted molar refractivity (Wildman–Crippen MR) is 33.2 cm³/mol. The van der Waals surface area contributed by atoms with Gasteiger partial charge in [0.25, 0.3) is 0 Å². The number of carbonyl (C=O) groups excluding carboxylic acids is 1. The van der Waals surface area contributed by atoms with Gasteiger partial charge in [-0.2, -0.15) is 0 Å². The van der Waals surface area contributed by atoms with Crippen molar-refractivity contribution in [1.29, 1.82) is 0 Å². The van der Waals surface area contributed by atoms with Crippen LogP contribution in [0.4, 0.5) is 4.79 Å². The lowest BCUT2D eigenvalue weighted by atomic mass is 10.4. The van der Waals surface area contributed by atoms with E-state index in [0.29, 0.717) is 12.1 Å². The minimum absolute atomic E-state index is 0.213. The molecule has 0 aromatic carbocycles. The Kier molecular flexibility index (Phi) is 1.35. The Morgan fingerprint density at radius 1 is 1.44 bits per heavy atom. The maximum absolute atomic E-state index is 10.7. The van der Waals surface area contributed by atoms with E-state index in [1.165, 1.54) is 7.11 Å². The van der Waals surface area contributed by atoms with Crippen LogP contribution < -0.4 is 0 Å². The van der Waals surface area contributed by atoms with Crippen LogP contribution >= 0.6 is 0 Å². The number of hydrogen-bond donors (Lipinski definition) is 0. The average Bonchev–Trinajstić information content (AvgIpc) is 2.40. The predicted octanol–water partition coefficient (Wildman–Crippen LogP) is 0.845. The smallest absolute Gasteiger partial charge is 0.410 e. The molecule has 2 atom stereocenters. The summed E-state index contributed by atoms with van der Waals surface area (Å²) in [6.07, 6.45) is -0.213. The number of amides is 1. The number of rotatable bonds is 0. The van der Waals surface area contributed by atoms with Crippen molar-refractivity contribution in [3.05, 3.63) is 0 Å². The van der Waals surface area contributed by atoms with E-state index in [9.17, 15) is 4.79 Å². The van der Waals surface area contributed by atoms with Crippen LogP contribution in [-0.4, -0.2) is 30.2 Å². The van der Waals surface area contributed by atoms with E-state index in [2.05, 4.69) is 4.74 Å². The molecule has 0 bridgehead atoms. The first-order valence-corrected chi connectivity index (χ1v) is 3.04. The van der Waals surface area contributed by atoms with Crippen LogP contribution in [0.3, 0.4) is 0 Å². The fourth-order valence-electron chi connectivity index (χ4n) is 0.942. The molecule has 0 saturated carbocycles. The van der Waals surface area contributed by atoms with Crippen molar-refractivity contribution in [2.24, 2.45) is 0 Å². The van der Waals surface area contributed by atoms with E-state index >= 15 is 0 Å². The van der Waals surface area contributed by atoms with Gasteiger partial charge in [-0.1, -0.05) is 0 Å². The molecule has 3 heteroatoms. The standard InChI is InChI=1S/C6H11NO2/c1-4-5(2)7(4)6(8)9-3/h4-5H,1-3H3/t4-,5-/m1/s1. The Labute approximate surface area is 54.6 Å². The molecule has 1 aliphatic heterocycles. The molecule has 1 amide bonds. The van der Waals surface area contributed by atoms with Crippen LogP contribution in [0.2, 0.25) is 0 Å². The zero-order valence-electron chi connectivity index (χ0n) is 5.92. The number of hydrogen-bond acceptors (Lipinski definition) is 2. The molecule has 0 N–H and O–H groups in total. The molecule has 52 valence electrons. The summed E-state index contributed by atoms with van der Waals surface area (Å²) in [6.45, 7) is 4.00. The van der Waals surface area contributed by atoms with Gasteiger partial charge in [-0.05, 0) is 13.8 Å². The van der Waals surface area contributed by atoms with Gasteiger partial charge >= 0.3 is 6.09 Å². The summed E-state index contributed by atoms with van der Waals surface area (Å²) in [7, 11) is 1.40. The van der Waals surface area contributed by atoms with E-state index in [-0.39, 0.29) is 6.09 Å². The third kappa shape index (κ3) is 0.866. The number of nitrogens with zero attached hydrogens (tertiary/aromatic N) is 1. The number of methoxy groups -OCH3 is 1. The lowest BCUT2D eigenvalue weighted by Gasteiger charge is -1.97. The lowest BCUT2D eigenvalue weighted by molar-refractivity contribution is 0.151. The molecule has 0 radical (unpaired) electrons. The summed E-state index contributed by atoms with van der Waals surface area (Å²) >= 11 is 0. The normalized spacial score (nSPS) is 32.1. The van der Waals surface area contributed by atoms with Crippen LogP contribution in [0.5, 0.6) is 0 Å². The lowest BCUT2D eigenvalue weighted by Crippen LogP contribution is -2.12. The quantitative estimate of drug-likeness (QED) is 0.454. The van der Waals surface area contributed by atoms with E-state index < -0.39 is 0 Å². The second-order valence-corrected chi connectivity index (χ2v) is 2.36. The first-order chi connectivity index (χ1) is 4.18. The minimum Gasteiger partial charge on any atom is -0.453 e. The second kappa shape index (κ2) is 1.90. The Morgan fingerprint density at radius 3 is 2.00 bits per heavy atom. The molecule has 0 aromatic heterocycles. The Hall–Kier alpha value is -0.730. The highest BCUT2D eigenvalue weighted by Crippen LogP contribution is 2.27. The topological polar surface area (TPSA) is 29.3 Å². The van der Waals surface area contributed by atoms with E-state index in [1.807, 2.05) is 13.8 Å². The fraction of sp³-hybridized carbons (Fsp3) is 0.833. The Bertz CT molecular complexity index is 127. The van der Waals surface area contributed by atoms with Gasteiger partial charge in [-0.15, -0.1) is 0 Å². The van der Waals surface area contributed by atoms with Crippen molar-refractivity contribution < 1.29 is 9.53 Å².